The van der Waals surface area contributed by atoms with Crippen molar-refractivity contribution in [2.45, 2.75) is 20.0 Å². The molecule has 1 fully saturated rings. The number of aromatic nitrogens is 1. The summed E-state index contributed by atoms with van der Waals surface area (Å²) in [4.78, 5) is 21.3. The monoisotopic (exact) mass is 435 g/mol. The topological polar surface area (TPSA) is 75.1 Å². The Hall–Kier alpha value is -3.16. The second-order valence-corrected chi connectivity index (χ2v) is 7.98. The number of nitrogens with zero attached hydrogens (tertiary/aromatic N) is 3. The first-order valence-corrected chi connectivity index (χ1v) is 10.9. The minimum Gasteiger partial charge on any atom is -0.506 e. The fourth-order valence-electron chi connectivity index (χ4n) is 4.03. The van der Waals surface area contributed by atoms with Crippen LogP contribution in [0.15, 0.2) is 48.7 Å². The molecular weight excluding hydrogens is 406 g/mol. The van der Waals surface area contributed by atoms with Crippen molar-refractivity contribution in [1.82, 2.24) is 9.88 Å². The van der Waals surface area contributed by atoms with Gasteiger partial charge >= 0.3 is 5.97 Å². The average molecular weight is 436 g/mol. The number of carbonyl (C=O) groups is 1. The number of morpholine rings is 1. The van der Waals surface area contributed by atoms with Crippen LogP contribution in [-0.2, 0) is 22.6 Å². The number of aromatic hydroxyl groups is 1. The Kier molecular flexibility index (Phi) is 6.87. The van der Waals surface area contributed by atoms with Crippen molar-refractivity contribution in [3.05, 3.63) is 65.4 Å². The molecular formula is C25H29N3O4. The van der Waals surface area contributed by atoms with Crippen molar-refractivity contribution in [2.24, 2.45) is 0 Å². The van der Waals surface area contributed by atoms with Crippen LogP contribution < -0.4 is 4.90 Å². The third-order valence-corrected chi connectivity index (χ3v) is 5.66. The fourth-order valence-corrected chi connectivity index (χ4v) is 4.03. The van der Waals surface area contributed by atoms with Gasteiger partial charge in [-0.2, -0.15) is 0 Å². The molecule has 2 heterocycles. The summed E-state index contributed by atoms with van der Waals surface area (Å²) in [5.41, 5.74) is 3.86. The van der Waals surface area contributed by atoms with E-state index in [1.807, 2.05) is 31.3 Å². The van der Waals surface area contributed by atoms with Crippen LogP contribution in [0.25, 0.3) is 10.9 Å². The third kappa shape index (κ3) is 4.84. The lowest BCUT2D eigenvalue weighted by atomic mass is 10.0. The molecule has 0 atom stereocenters. The molecule has 1 aliphatic heterocycles. The number of carbonyl (C=O) groups excluding carboxylic acids is 1. The molecule has 0 bridgehead atoms. The van der Waals surface area contributed by atoms with Crippen LogP contribution in [-0.4, -0.2) is 60.9 Å². The maximum atomic E-state index is 12.3. The molecule has 4 rings (SSSR count). The van der Waals surface area contributed by atoms with Gasteiger partial charge in [0, 0.05) is 44.8 Å². The molecule has 32 heavy (non-hydrogen) atoms. The van der Waals surface area contributed by atoms with Gasteiger partial charge in [0.15, 0.2) is 0 Å². The highest BCUT2D eigenvalue weighted by molar-refractivity contribution is 6.03. The van der Waals surface area contributed by atoms with Gasteiger partial charge in [-0.15, -0.1) is 0 Å². The van der Waals surface area contributed by atoms with Gasteiger partial charge in [0.1, 0.15) is 11.3 Å². The first kappa shape index (κ1) is 22.0. The van der Waals surface area contributed by atoms with Crippen molar-refractivity contribution in [3.63, 3.8) is 0 Å². The number of ether oxygens (including phenoxy) is 2. The molecule has 1 N–H and O–H groups in total. The summed E-state index contributed by atoms with van der Waals surface area (Å²) in [5, 5.41) is 11.5. The van der Waals surface area contributed by atoms with E-state index < -0.39 is 5.97 Å². The zero-order valence-electron chi connectivity index (χ0n) is 18.6. The standard InChI is InChI=1S/C25H29N3O4/c1-3-32-25(30)21-15-26-23-20(24(21)29)13-19(17-28-9-11-31-12-10-28)14-22(23)27(2)16-18-7-5-4-6-8-18/h4-8,13-15H,3,9-12,16-17H2,1-2H3,(H,26,29). The molecule has 168 valence electrons. The number of benzene rings is 2. The first-order valence-electron chi connectivity index (χ1n) is 10.9. The molecule has 0 aliphatic carbocycles. The van der Waals surface area contributed by atoms with Crippen molar-refractivity contribution in [2.75, 3.05) is 44.9 Å². The van der Waals surface area contributed by atoms with Gasteiger partial charge in [-0.05, 0) is 30.2 Å². The SMILES string of the molecule is CCOC(=O)c1cnc2c(N(C)Cc3ccccc3)cc(CN3CCOCC3)cc2c1O. The molecule has 0 radical (unpaired) electrons. The van der Waals surface area contributed by atoms with Crippen LogP contribution in [0.1, 0.15) is 28.4 Å². The van der Waals surface area contributed by atoms with Crippen LogP contribution in [0.5, 0.6) is 5.75 Å². The minimum atomic E-state index is -0.572. The number of hydrogen-bond donors (Lipinski definition) is 1. The maximum absolute atomic E-state index is 12.3. The molecule has 1 aliphatic rings. The molecule has 0 spiro atoms. The maximum Gasteiger partial charge on any atom is 0.343 e. The lowest BCUT2D eigenvalue weighted by Gasteiger charge is -2.28. The van der Waals surface area contributed by atoms with Gasteiger partial charge in [-0.3, -0.25) is 9.88 Å². The second-order valence-electron chi connectivity index (χ2n) is 7.98. The summed E-state index contributed by atoms with van der Waals surface area (Å²) in [5.74, 6) is -0.663. The van der Waals surface area contributed by atoms with Crippen molar-refractivity contribution in [1.29, 1.82) is 0 Å². The van der Waals surface area contributed by atoms with E-state index in [1.165, 1.54) is 11.8 Å². The quantitative estimate of drug-likeness (QED) is 0.569. The molecule has 3 aromatic rings. The number of anilines is 1. The number of pyridine rings is 1. The summed E-state index contributed by atoms with van der Waals surface area (Å²) in [6.07, 6.45) is 1.40. The van der Waals surface area contributed by atoms with Gasteiger partial charge < -0.3 is 19.5 Å². The van der Waals surface area contributed by atoms with Crippen molar-refractivity contribution < 1.29 is 19.4 Å². The van der Waals surface area contributed by atoms with Gasteiger partial charge in [0.25, 0.3) is 0 Å². The normalized spacial score (nSPS) is 14.4. The molecule has 0 amide bonds. The highest BCUT2D eigenvalue weighted by Gasteiger charge is 2.21. The van der Waals surface area contributed by atoms with E-state index >= 15 is 0 Å². The molecule has 2 aromatic carbocycles. The number of hydrogen-bond acceptors (Lipinski definition) is 7. The fraction of sp³-hybridized carbons (Fsp3) is 0.360. The van der Waals surface area contributed by atoms with E-state index in [1.54, 1.807) is 6.92 Å². The third-order valence-electron chi connectivity index (χ3n) is 5.66. The molecule has 0 unspecified atom stereocenters. The van der Waals surface area contributed by atoms with Crippen LogP contribution in [0.3, 0.4) is 0 Å². The zero-order valence-corrected chi connectivity index (χ0v) is 18.6. The first-order chi connectivity index (χ1) is 15.6. The van der Waals surface area contributed by atoms with Gasteiger partial charge in [-0.25, -0.2) is 4.79 Å². The molecule has 7 nitrogen and oxygen atoms in total. The number of rotatable bonds is 7. The van der Waals surface area contributed by atoms with Crippen LogP contribution in [0.2, 0.25) is 0 Å². The molecule has 1 aromatic heterocycles. The average Bonchev–Trinajstić information content (AvgIpc) is 2.80. The Bertz CT molecular complexity index is 1080. The van der Waals surface area contributed by atoms with Crippen LogP contribution >= 0.6 is 0 Å². The molecule has 7 heteroatoms. The Labute approximate surface area is 188 Å². The number of esters is 1. The Morgan fingerprint density at radius 2 is 1.94 bits per heavy atom. The van der Waals surface area contributed by atoms with E-state index in [0.29, 0.717) is 30.7 Å². The minimum absolute atomic E-state index is 0.0829. The smallest absolute Gasteiger partial charge is 0.343 e. The summed E-state index contributed by atoms with van der Waals surface area (Å²) in [7, 11) is 2.01. The Morgan fingerprint density at radius 1 is 1.19 bits per heavy atom. The summed E-state index contributed by atoms with van der Waals surface area (Å²) in [6, 6.07) is 14.3. The van der Waals surface area contributed by atoms with E-state index in [-0.39, 0.29) is 17.9 Å². The summed E-state index contributed by atoms with van der Waals surface area (Å²) in [6.45, 7) is 6.55. The molecule has 0 saturated carbocycles. The van der Waals surface area contributed by atoms with E-state index in [9.17, 15) is 9.90 Å². The van der Waals surface area contributed by atoms with E-state index in [4.69, 9.17) is 9.47 Å². The summed E-state index contributed by atoms with van der Waals surface area (Å²) < 4.78 is 10.6. The highest BCUT2D eigenvalue weighted by Crippen LogP contribution is 2.35. The number of fused-ring (bicyclic) bond motifs is 1. The second kappa shape index (κ2) is 9.97. The predicted molar refractivity (Wildman–Crippen MR) is 124 cm³/mol. The lowest BCUT2D eigenvalue weighted by Crippen LogP contribution is -2.35. The Balaban J connectivity index is 1.76. The van der Waals surface area contributed by atoms with E-state index in [2.05, 4.69) is 33.0 Å². The zero-order chi connectivity index (χ0) is 22.5. The molecule has 1 saturated heterocycles. The van der Waals surface area contributed by atoms with Crippen LogP contribution in [0.4, 0.5) is 5.69 Å². The Morgan fingerprint density at radius 3 is 2.66 bits per heavy atom. The van der Waals surface area contributed by atoms with Gasteiger partial charge in [-0.1, -0.05) is 30.3 Å². The predicted octanol–water partition coefficient (Wildman–Crippen LogP) is 3.59. The highest BCUT2D eigenvalue weighted by atomic mass is 16.5. The largest absolute Gasteiger partial charge is 0.506 e. The van der Waals surface area contributed by atoms with Crippen molar-refractivity contribution >= 4 is 22.6 Å². The van der Waals surface area contributed by atoms with Crippen molar-refractivity contribution in [3.8, 4) is 5.75 Å². The summed E-state index contributed by atoms with van der Waals surface area (Å²) >= 11 is 0. The van der Waals surface area contributed by atoms with E-state index in [0.717, 1.165) is 30.9 Å². The van der Waals surface area contributed by atoms with Crippen LogP contribution in [0, 0.1) is 0 Å². The lowest BCUT2D eigenvalue weighted by molar-refractivity contribution is 0.0342. The van der Waals surface area contributed by atoms with Gasteiger partial charge in [0.2, 0.25) is 0 Å². The van der Waals surface area contributed by atoms with Gasteiger partial charge in [0.05, 0.1) is 31.0 Å².